The molecule has 0 N–H and O–H groups in total. The minimum Gasteiger partial charge on any atom is -0.332 e. The number of hydrogen-bond acceptors (Lipinski definition) is 3. The van der Waals surface area contributed by atoms with Gasteiger partial charge < -0.3 is 4.90 Å². The average Bonchev–Trinajstić information content (AvgIpc) is 3.11. The Labute approximate surface area is 121 Å². The molecule has 1 aromatic heterocycles. The number of rotatable bonds is 2. The number of nitrogens with zero attached hydrogens (tertiary/aromatic N) is 4. The van der Waals surface area contributed by atoms with Crippen molar-refractivity contribution in [1.29, 1.82) is 0 Å². The van der Waals surface area contributed by atoms with Crippen LogP contribution in [0.5, 0.6) is 0 Å². The van der Waals surface area contributed by atoms with Crippen molar-refractivity contribution in [2.24, 2.45) is 0 Å². The third-order valence-electron chi connectivity index (χ3n) is 3.90. The molecular weight excluding hydrogens is 264 g/mol. The number of aromatic nitrogens is 3. The van der Waals surface area contributed by atoms with Crippen molar-refractivity contribution < 1.29 is 4.79 Å². The maximum atomic E-state index is 12.5. The van der Waals surface area contributed by atoms with E-state index in [1.54, 1.807) is 4.68 Å². The highest BCUT2D eigenvalue weighted by Gasteiger charge is 2.23. The Morgan fingerprint density at radius 3 is 2.43 bits per heavy atom. The Bertz CT molecular complexity index is 799. The van der Waals surface area contributed by atoms with E-state index in [0.29, 0.717) is 13.1 Å². The molecule has 0 saturated heterocycles. The lowest BCUT2D eigenvalue weighted by molar-refractivity contribution is -0.132. The molecule has 21 heavy (non-hydrogen) atoms. The first kappa shape index (κ1) is 12.1. The third kappa shape index (κ3) is 2.07. The van der Waals surface area contributed by atoms with Gasteiger partial charge in [0.05, 0.1) is 5.52 Å². The van der Waals surface area contributed by atoms with Crippen LogP contribution in [-0.4, -0.2) is 25.8 Å². The van der Waals surface area contributed by atoms with Gasteiger partial charge in [-0.1, -0.05) is 41.6 Å². The van der Waals surface area contributed by atoms with Crippen molar-refractivity contribution in [2.45, 2.75) is 19.6 Å². The molecule has 2 aromatic carbocycles. The van der Waals surface area contributed by atoms with Gasteiger partial charge in [-0.2, -0.15) is 0 Å². The minimum atomic E-state index is 0.0712. The molecule has 0 bridgehead atoms. The normalized spacial score (nSPS) is 13.6. The first-order valence-electron chi connectivity index (χ1n) is 6.94. The van der Waals surface area contributed by atoms with E-state index < -0.39 is 0 Å². The van der Waals surface area contributed by atoms with Crippen LogP contribution in [0.15, 0.2) is 48.5 Å². The Morgan fingerprint density at radius 2 is 1.67 bits per heavy atom. The summed E-state index contributed by atoms with van der Waals surface area (Å²) in [5.41, 5.74) is 4.17. The van der Waals surface area contributed by atoms with Crippen molar-refractivity contribution in [3.8, 4) is 0 Å². The van der Waals surface area contributed by atoms with Crippen LogP contribution in [-0.2, 0) is 24.4 Å². The topological polar surface area (TPSA) is 51.0 Å². The Morgan fingerprint density at radius 1 is 1.00 bits per heavy atom. The Kier molecular flexibility index (Phi) is 2.70. The Balaban J connectivity index is 1.55. The molecule has 0 spiro atoms. The molecule has 0 aliphatic carbocycles. The predicted octanol–water partition coefficient (Wildman–Crippen LogP) is 1.97. The van der Waals surface area contributed by atoms with Gasteiger partial charge in [0, 0.05) is 13.1 Å². The summed E-state index contributed by atoms with van der Waals surface area (Å²) in [5, 5.41) is 8.16. The maximum absolute atomic E-state index is 12.5. The molecule has 2 heterocycles. The molecule has 0 atom stereocenters. The van der Waals surface area contributed by atoms with Gasteiger partial charge in [-0.3, -0.25) is 4.79 Å². The fraction of sp³-hybridized carbons (Fsp3) is 0.188. The molecule has 5 nitrogen and oxygen atoms in total. The standard InChI is InChI=1S/C16H14N4O/c21-16(19-9-12-5-1-2-6-13(12)10-19)11-20-15-8-4-3-7-14(15)17-18-20/h1-8H,9-11H2. The summed E-state index contributed by atoms with van der Waals surface area (Å²) in [6.45, 7) is 1.60. The highest BCUT2D eigenvalue weighted by Crippen LogP contribution is 2.22. The smallest absolute Gasteiger partial charge is 0.244 e. The molecule has 0 fully saturated rings. The number of para-hydroxylation sites is 1. The van der Waals surface area contributed by atoms with Crippen LogP contribution in [0.3, 0.4) is 0 Å². The lowest BCUT2D eigenvalue weighted by Crippen LogP contribution is -2.29. The van der Waals surface area contributed by atoms with E-state index in [1.807, 2.05) is 41.3 Å². The van der Waals surface area contributed by atoms with Gasteiger partial charge in [0.15, 0.2) is 0 Å². The van der Waals surface area contributed by atoms with Gasteiger partial charge in [-0.15, -0.1) is 5.10 Å². The lowest BCUT2D eigenvalue weighted by Gasteiger charge is -2.15. The zero-order chi connectivity index (χ0) is 14.2. The van der Waals surface area contributed by atoms with Crippen molar-refractivity contribution in [1.82, 2.24) is 19.9 Å². The van der Waals surface area contributed by atoms with Crippen LogP contribution in [0.2, 0.25) is 0 Å². The number of hydrogen-bond donors (Lipinski definition) is 0. The molecule has 5 heteroatoms. The summed E-state index contributed by atoms with van der Waals surface area (Å²) in [4.78, 5) is 14.3. The molecule has 3 aromatic rings. The van der Waals surface area contributed by atoms with Gasteiger partial charge in [0.1, 0.15) is 12.1 Å². The van der Waals surface area contributed by atoms with Crippen LogP contribution in [0.4, 0.5) is 0 Å². The van der Waals surface area contributed by atoms with Crippen molar-refractivity contribution in [2.75, 3.05) is 0 Å². The monoisotopic (exact) mass is 278 g/mol. The maximum Gasteiger partial charge on any atom is 0.244 e. The van der Waals surface area contributed by atoms with Crippen LogP contribution in [0.25, 0.3) is 11.0 Å². The summed E-state index contributed by atoms with van der Waals surface area (Å²) in [6.07, 6.45) is 0. The van der Waals surface area contributed by atoms with E-state index in [0.717, 1.165) is 11.0 Å². The van der Waals surface area contributed by atoms with Crippen LogP contribution in [0, 0.1) is 0 Å². The summed E-state index contributed by atoms with van der Waals surface area (Å²) < 4.78 is 1.67. The molecular formula is C16H14N4O. The van der Waals surface area contributed by atoms with Gasteiger partial charge in [-0.05, 0) is 23.3 Å². The third-order valence-corrected chi connectivity index (χ3v) is 3.90. The summed E-state index contributed by atoms with van der Waals surface area (Å²) in [7, 11) is 0. The van der Waals surface area contributed by atoms with Gasteiger partial charge in [0.2, 0.25) is 5.91 Å². The molecule has 1 aliphatic rings. The second-order valence-corrected chi connectivity index (χ2v) is 5.25. The van der Waals surface area contributed by atoms with E-state index in [4.69, 9.17) is 0 Å². The molecule has 1 aliphatic heterocycles. The molecule has 1 amide bonds. The average molecular weight is 278 g/mol. The van der Waals surface area contributed by atoms with Crippen molar-refractivity contribution in [3.63, 3.8) is 0 Å². The number of carbonyl (C=O) groups excluding carboxylic acids is 1. The predicted molar refractivity (Wildman–Crippen MR) is 78.2 cm³/mol. The highest BCUT2D eigenvalue weighted by atomic mass is 16.2. The zero-order valence-corrected chi connectivity index (χ0v) is 11.4. The van der Waals surface area contributed by atoms with E-state index in [1.165, 1.54) is 11.1 Å². The molecule has 4 rings (SSSR count). The van der Waals surface area contributed by atoms with Gasteiger partial charge in [-0.25, -0.2) is 4.68 Å². The summed E-state index contributed by atoms with van der Waals surface area (Å²) in [5.74, 6) is 0.0712. The van der Waals surface area contributed by atoms with Crippen LogP contribution < -0.4 is 0 Å². The van der Waals surface area contributed by atoms with E-state index in [-0.39, 0.29) is 12.5 Å². The molecule has 104 valence electrons. The van der Waals surface area contributed by atoms with E-state index >= 15 is 0 Å². The number of carbonyl (C=O) groups is 1. The second-order valence-electron chi connectivity index (χ2n) is 5.25. The van der Waals surface area contributed by atoms with Crippen molar-refractivity contribution >= 4 is 16.9 Å². The highest BCUT2D eigenvalue weighted by molar-refractivity contribution is 5.80. The zero-order valence-electron chi connectivity index (χ0n) is 11.4. The quantitative estimate of drug-likeness (QED) is 0.720. The Hall–Kier alpha value is -2.69. The number of benzene rings is 2. The van der Waals surface area contributed by atoms with E-state index in [2.05, 4.69) is 22.4 Å². The SMILES string of the molecule is O=C(Cn1nnc2ccccc21)N1Cc2ccccc2C1. The largest absolute Gasteiger partial charge is 0.332 e. The number of amides is 1. The molecule has 0 radical (unpaired) electrons. The second kappa shape index (κ2) is 4.70. The van der Waals surface area contributed by atoms with Crippen LogP contribution in [0.1, 0.15) is 11.1 Å². The van der Waals surface area contributed by atoms with Gasteiger partial charge >= 0.3 is 0 Å². The van der Waals surface area contributed by atoms with Gasteiger partial charge in [0.25, 0.3) is 0 Å². The molecule has 0 saturated carbocycles. The molecule has 0 unspecified atom stereocenters. The first-order chi connectivity index (χ1) is 10.3. The fourth-order valence-corrected chi connectivity index (χ4v) is 2.77. The number of fused-ring (bicyclic) bond motifs is 2. The lowest BCUT2D eigenvalue weighted by atomic mass is 10.1. The van der Waals surface area contributed by atoms with E-state index in [9.17, 15) is 4.79 Å². The van der Waals surface area contributed by atoms with Crippen molar-refractivity contribution in [3.05, 3.63) is 59.7 Å². The minimum absolute atomic E-state index is 0.0712. The fourth-order valence-electron chi connectivity index (χ4n) is 2.77. The summed E-state index contributed by atoms with van der Waals surface area (Å²) >= 11 is 0. The summed E-state index contributed by atoms with van der Waals surface area (Å²) in [6, 6.07) is 15.9. The first-order valence-corrected chi connectivity index (χ1v) is 6.94. The van der Waals surface area contributed by atoms with Crippen LogP contribution >= 0.6 is 0 Å².